The Kier molecular flexibility index (Phi) is 5.02. The van der Waals surface area contributed by atoms with Crippen LogP contribution in [0.4, 0.5) is 5.95 Å². The van der Waals surface area contributed by atoms with Crippen LogP contribution in [0.2, 0.25) is 0 Å². The van der Waals surface area contributed by atoms with E-state index in [1.807, 2.05) is 30.3 Å². The van der Waals surface area contributed by atoms with Crippen LogP contribution in [0, 0.1) is 0 Å². The molecule has 0 saturated carbocycles. The third kappa shape index (κ3) is 3.82. The van der Waals surface area contributed by atoms with E-state index in [2.05, 4.69) is 35.7 Å². The first-order valence-corrected chi connectivity index (χ1v) is 8.19. The van der Waals surface area contributed by atoms with E-state index in [-0.39, 0.29) is 0 Å². The zero-order chi connectivity index (χ0) is 15.4. The second kappa shape index (κ2) is 7.17. The highest BCUT2D eigenvalue weighted by molar-refractivity contribution is 9.10. The minimum Gasteiger partial charge on any atom is -0.387 e. The van der Waals surface area contributed by atoms with Crippen molar-refractivity contribution in [3.63, 3.8) is 0 Å². The molecule has 1 fully saturated rings. The summed E-state index contributed by atoms with van der Waals surface area (Å²) in [6.07, 6.45) is 3.09. The van der Waals surface area contributed by atoms with Crippen LogP contribution in [0.5, 0.6) is 0 Å². The molecule has 0 radical (unpaired) electrons. The Bertz CT molecular complexity index is 585. The van der Waals surface area contributed by atoms with Crippen molar-refractivity contribution in [1.29, 1.82) is 0 Å². The molecule has 1 aromatic heterocycles. The topological polar surface area (TPSA) is 52.5 Å². The van der Waals surface area contributed by atoms with Gasteiger partial charge in [0.2, 0.25) is 5.95 Å². The summed E-state index contributed by atoms with van der Waals surface area (Å²) in [6, 6.07) is 9.67. The highest BCUT2D eigenvalue weighted by Gasteiger charge is 2.21. The largest absolute Gasteiger partial charge is 0.387 e. The zero-order valence-electron chi connectivity index (χ0n) is 12.3. The second-order valence-corrected chi connectivity index (χ2v) is 6.32. The van der Waals surface area contributed by atoms with E-state index in [4.69, 9.17) is 0 Å². The van der Waals surface area contributed by atoms with Gasteiger partial charge in [-0.05, 0) is 23.8 Å². The average Bonchev–Trinajstić information content (AvgIpc) is 2.57. The molecule has 1 aromatic carbocycles. The first kappa shape index (κ1) is 15.4. The van der Waals surface area contributed by atoms with Crippen molar-refractivity contribution in [1.82, 2.24) is 14.9 Å². The van der Waals surface area contributed by atoms with Crippen LogP contribution in [-0.2, 0) is 0 Å². The van der Waals surface area contributed by atoms with Crippen molar-refractivity contribution in [2.75, 3.05) is 37.6 Å². The molecule has 2 aromatic rings. The van der Waals surface area contributed by atoms with Crippen LogP contribution in [0.3, 0.4) is 0 Å². The summed E-state index contributed by atoms with van der Waals surface area (Å²) in [5.41, 5.74) is 0.956. The van der Waals surface area contributed by atoms with E-state index >= 15 is 0 Å². The molecular weight excluding hydrogens is 344 g/mol. The van der Waals surface area contributed by atoms with Gasteiger partial charge < -0.3 is 10.0 Å². The highest BCUT2D eigenvalue weighted by atomic mass is 79.9. The minimum atomic E-state index is -0.451. The second-order valence-electron chi connectivity index (χ2n) is 5.40. The van der Waals surface area contributed by atoms with Crippen molar-refractivity contribution in [3.8, 4) is 0 Å². The molecule has 1 aliphatic heterocycles. The lowest BCUT2D eigenvalue weighted by Gasteiger charge is -2.35. The molecule has 1 saturated heterocycles. The number of rotatable bonds is 4. The Balaban J connectivity index is 1.52. The van der Waals surface area contributed by atoms with Crippen LogP contribution in [0.1, 0.15) is 11.7 Å². The lowest BCUT2D eigenvalue weighted by atomic mass is 10.1. The first-order chi connectivity index (χ1) is 10.7. The number of aromatic nitrogens is 2. The Hall–Kier alpha value is -1.50. The van der Waals surface area contributed by atoms with E-state index in [1.165, 1.54) is 0 Å². The molecule has 6 heteroatoms. The van der Waals surface area contributed by atoms with Gasteiger partial charge in [0.05, 0.1) is 6.10 Å². The molecule has 5 nitrogen and oxygen atoms in total. The molecule has 116 valence electrons. The maximum Gasteiger partial charge on any atom is 0.225 e. The van der Waals surface area contributed by atoms with E-state index in [1.54, 1.807) is 12.4 Å². The number of halogens is 1. The zero-order valence-corrected chi connectivity index (χ0v) is 13.9. The standard InChI is InChI=1S/C16H19BrN4O/c17-14-4-2-13(3-5-14)15(22)12-20-8-10-21(11-9-20)16-18-6-1-7-19-16/h1-7,15,22H,8-12H2/t15-/m1/s1. The van der Waals surface area contributed by atoms with Crippen LogP contribution < -0.4 is 4.90 Å². The first-order valence-electron chi connectivity index (χ1n) is 7.40. The third-order valence-electron chi connectivity index (χ3n) is 3.89. The van der Waals surface area contributed by atoms with Crippen molar-refractivity contribution in [2.24, 2.45) is 0 Å². The van der Waals surface area contributed by atoms with Gasteiger partial charge in [0.25, 0.3) is 0 Å². The van der Waals surface area contributed by atoms with Crippen LogP contribution >= 0.6 is 15.9 Å². The van der Waals surface area contributed by atoms with Crippen LogP contribution in [0.15, 0.2) is 47.2 Å². The quantitative estimate of drug-likeness (QED) is 0.902. The lowest BCUT2D eigenvalue weighted by molar-refractivity contribution is 0.109. The van der Waals surface area contributed by atoms with Crippen LogP contribution in [-0.4, -0.2) is 52.7 Å². The number of β-amino-alcohol motifs (C(OH)–C–C–N with tert-alkyl or cyclic N) is 1. The van der Waals surface area contributed by atoms with E-state index in [9.17, 15) is 5.11 Å². The number of nitrogens with zero attached hydrogens (tertiary/aromatic N) is 4. The highest BCUT2D eigenvalue weighted by Crippen LogP contribution is 2.19. The molecule has 0 spiro atoms. The summed E-state index contributed by atoms with van der Waals surface area (Å²) in [7, 11) is 0. The third-order valence-corrected chi connectivity index (χ3v) is 4.42. The maximum absolute atomic E-state index is 10.4. The van der Waals surface area contributed by atoms with Crippen molar-refractivity contribution >= 4 is 21.9 Å². The Labute approximate surface area is 138 Å². The van der Waals surface area contributed by atoms with Gasteiger partial charge in [-0.1, -0.05) is 28.1 Å². The molecule has 0 amide bonds. The summed E-state index contributed by atoms with van der Waals surface area (Å²) < 4.78 is 1.03. The van der Waals surface area contributed by atoms with E-state index in [0.29, 0.717) is 6.54 Å². The fourth-order valence-electron chi connectivity index (χ4n) is 2.62. The molecule has 22 heavy (non-hydrogen) atoms. The Morgan fingerprint density at radius 3 is 2.32 bits per heavy atom. The van der Waals surface area contributed by atoms with Gasteiger partial charge in [-0.2, -0.15) is 0 Å². The van der Waals surface area contributed by atoms with Gasteiger partial charge in [-0.3, -0.25) is 4.90 Å². The molecule has 0 unspecified atom stereocenters. The molecule has 2 heterocycles. The van der Waals surface area contributed by atoms with E-state index in [0.717, 1.165) is 42.2 Å². The molecule has 0 aliphatic carbocycles. The number of aliphatic hydroxyl groups excluding tert-OH is 1. The Morgan fingerprint density at radius 2 is 1.68 bits per heavy atom. The van der Waals surface area contributed by atoms with E-state index < -0.39 is 6.10 Å². The average molecular weight is 363 g/mol. The smallest absolute Gasteiger partial charge is 0.225 e. The van der Waals surface area contributed by atoms with Gasteiger partial charge in [-0.15, -0.1) is 0 Å². The predicted octanol–water partition coefficient (Wildman–Crippen LogP) is 2.09. The summed E-state index contributed by atoms with van der Waals surface area (Å²) >= 11 is 3.41. The van der Waals surface area contributed by atoms with Gasteiger partial charge in [0.1, 0.15) is 0 Å². The van der Waals surface area contributed by atoms with Crippen molar-refractivity contribution < 1.29 is 5.11 Å². The maximum atomic E-state index is 10.4. The molecular formula is C16H19BrN4O. The number of piperazine rings is 1. The fourth-order valence-corrected chi connectivity index (χ4v) is 2.88. The van der Waals surface area contributed by atoms with Gasteiger partial charge in [0, 0.05) is 49.6 Å². The summed E-state index contributed by atoms with van der Waals surface area (Å²) in [5, 5.41) is 10.4. The van der Waals surface area contributed by atoms with Gasteiger partial charge in [0.15, 0.2) is 0 Å². The molecule has 3 rings (SSSR count). The number of anilines is 1. The van der Waals surface area contributed by atoms with Gasteiger partial charge in [-0.25, -0.2) is 9.97 Å². The molecule has 0 bridgehead atoms. The summed E-state index contributed by atoms with van der Waals surface area (Å²) in [4.78, 5) is 13.0. The number of benzene rings is 1. The summed E-state index contributed by atoms with van der Waals surface area (Å²) in [6.45, 7) is 4.25. The molecule has 1 N–H and O–H groups in total. The SMILES string of the molecule is O[C@H](CN1CCN(c2ncccn2)CC1)c1ccc(Br)cc1. The van der Waals surface area contributed by atoms with Crippen LogP contribution in [0.25, 0.3) is 0 Å². The Morgan fingerprint density at radius 1 is 1.05 bits per heavy atom. The molecule has 1 atom stereocenters. The molecule has 1 aliphatic rings. The summed E-state index contributed by atoms with van der Waals surface area (Å²) in [5.74, 6) is 0.788. The normalized spacial score (nSPS) is 17.5. The predicted molar refractivity (Wildman–Crippen MR) is 89.8 cm³/mol. The fraction of sp³-hybridized carbons (Fsp3) is 0.375. The monoisotopic (exact) mass is 362 g/mol. The van der Waals surface area contributed by atoms with Crippen molar-refractivity contribution in [2.45, 2.75) is 6.10 Å². The van der Waals surface area contributed by atoms with Gasteiger partial charge >= 0.3 is 0 Å². The van der Waals surface area contributed by atoms with Crippen molar-refractivity contribution in [3.05, 3.63) is 52.8 Å². The minimum absolute atomic E-state index is 0.451. The number of aliphatic hydroxyl groups is 1. The number of hydrogen-bond donors (Lipinski definition) is 1. The lowest BCUT2D eigenvalue weighted by Crippen LogP contribution is -2.48. The number of hydrogen-bond acceptors (Lipinski definition) is 5.